The zero-order valence-electron chi connectivity index (χ0n) is 20.3. The van der Waals surface area contributed by atoms with E-state index in [0.717, 1.165) is 9.87 Å². The molecule has 0 fully saturated rings. The molecule has 0 aliphatic carbocycles. The number of ether oxygens (including phenoxy) is 4. The number of amides is 1. The third-order valence-corrected chi connectivity index (χ3v) is 7.43. The molecule has 9 nitrogen and oxygen atoms in total. The molecule has 0 saturated carbocycles. The van der Waals surface area contributed by atoms with Gasteiger partial charge in [0.15, 0.2) is 23.0 Å². The molecular weight excluding hydrogens is 484 g/mol. The number of sulfonamides is 1. The lowest BCUT2D eigenvalue weighted by Gasteiger charge is -2.28. The Kier molecular flexibility index (Phi) is 7.54. The monoisotopic (exact) mass is 512 g/mol. The van der Waals surface area contributed by atoms with Crippen LogP contribution in [0.3, 0.4) is 0 Å². The standard InChI is InChI=1S/C26H28N2O7S/c1-18-8-11-21(12-9-18)36(30,31)28(19-10-13-22(32-2)25(14-19)33-3)16-26(29)27-15-20-17-34-23-6-4-5-7-24(23)35-20/h4-14,20H,15-17H2,1-3H3,(H,27,29)/t20-/m1/s1. The van der Waals surface area contributed by atoms with Crippen molar-refractivity contribution in [2.24, 2.45) is 0 Å². The minimum Gasteiger partial charge on any atom is -0.493 e. The summed E-state index contributed by atoms with van der Waals surface area (Å²) in [6, 6.07) is 18.4. The number of hydrogen-bond acceptors (Lipinski definition) is 7. The van der Waals surface area contributed by atoms with Gasteiger partial charge in [0.05, 0.1) is 31.3 Å². The summed E-state index contributed by atoms with van der Waals surface area (Å²) in [5.41, 5.74) is 1.18. The van der Waals surface area contributed by atoms with Gasteiger partial charge in [-0.15, -0.1) is 0 Å². The van der Waals surface area contributed by atoms with Crippen LogP contribution in [0.1, 0.15) is 5.56 Å². The Morgan fingerprint density at radius 2 is 1.69 bits per heavy atom. The SMILES string of the molecule is COc1ccc(N(CC(=O)NC[C@@H]2COc3ccccc3O2)S(=O)(=O)c2ccc(C)cc2)cc1OC. The number of methoxy groups -OCH3 is 2. The van der Waals surface area contributed by atoms with Gasteiger partial charge in [-0.2, -0.15) is 0 Å². The number of aryl methyl sites for hydroxylation is 1. The Morgan fingerprint density at radius 1 is 1.00 bits per heavy atom. The molecule has 1 heterocycles. The average molecular weight is 513 g/mol. The number of fused-ring (bicyclic) bond motifs is 1. The van der Waals surface area contributed by atoms with Crippen LogP contribution in [0.2, 0.25) is 0 Å². The fourth-order valence-corrected chi connectivity index (χ4v) is 5.12. The number of carbonyl (C=O) groups is 1. The average Bonchev–Trinajstić information content (AvgIpc) is 2.90. The maximum Gasteiger partial charge on any atom is 0.264 e. The lowest BCUT2D eigenvalue weighted by molar-refractivity contribution is -0.120. The quantitative estimate of drug-likeness (QED) is 0.470. The summed E-state index contributed by atoms with van der Waals surface area (Å²) in [5, 5.41) is 2.76. The molecule has 0 saturated heterocycles. The lowest BCUT2D eigenvalue weighted by Crippen LogP contribution is -2.45. The smallest absolute Gasteiger partial charge is 0.264 e. The maximum absolute atomic E-state index is 13.6. The van der Waals surface area contributed by atoms with Crippen molar-refractivity contribution >= 4 is 21.6 Å². The van der Waals surface area contributed by atoms with Crippen LogP contribution in [0.15, 0.2) is 71.6 Å². The number of benzene rings is 3. The van der Waals surface area contributed by atoms with Crippen molar-refractivity contribution in [2.45, 2.75) is 17.9 Å². The second-order valence-corrected chi connectivity index (χ2v) is 10.0. The van der Waals surface area contributed by atoms with Gasteiger partial charge in [0.2, 0.25) is 5.91 Å². The first-order valence-corrected chi connectivity index (χ1v) is 12.7. The second kappa shape index (κ2) is 10.8. The Morgan fingerprint density at radius 3 is 2.39 bits per heavy atom. The summed E-state index contributed by atoms with van der Waals surface area (Å²) < 4.78 is 50.4. The van der Waals surface area contributed by atoms with Gasteiger partial charge in [-0.1, -0.05) is 29.8 Å². The number of hydrogen-bond donors (Lipinski definition) is 1. The molecule has 1 aliphatic heterocycles. The van der Waals surface area contributed by atoms with Crippen molar-refractivity contribution in [1.29, 1.82) is 0 Å². The molecule has 1 amide bonds. The van der Waals surface area contributed by atoms with E-state index in [4.69, 9.17) is 18.9 Å². The number of carbonyl (C=O) groups excluding carboxylic acids is 1. The number of anilines is 1. The van der Waals surface area contributed by atoms with E-state index in [-0.39, 0.29) is 23.7 Å². The zero-order chi connectivity index (χ0) is 25.7. The minimum atomic E-state index is -4.07. The third-order valence-electron chi connectivity index (χ3n) is 5.65. The summed E-state index contributed by atoms with van der Waals surface area (Å²) in [6.45, 7) is 1.83. The van der Waals surface area contributed by atoms with Crippen LogP contribution in [0.25, 0.3) is 0 Å². The van der Waals surface area contributed by atoms with Crippen molar-refractivity contribution in [3.63, 3.8) is 0 Å². The van der Waals surface area contributed by atoms with Crippen LogP contribution >= 0.6 is 0 Å². The van der Waals surface area contributed by atoms with Gasteiger partial charge in [-0.3, -0.25) is 9.10 Å². The molecule has 1 aliphatic rings. The van der Waals surface area contributed by atoms with Crippen LogP contribution in [0.5, 0.6) is 23.0 Å². The van der Waals surface area contributed by atoms with Gasteiger partial charge in [0.25, 0.3) is 10.0 Å². The molecule has 1 atom stereocenters. The predicted octanol–water partition coefficient (Wildman–Crippen LogP) is 3.16. The fraction of sp³-hybridized carbons (Fsp3) is 0.269. The molecule has 3 aromatic carbocycles. The van der Waals surface area contributed by atoms with E-state index >= 15 is 0 Å². The summed E-state index contributed by atoms with van der Waals surface area (Å²) in [6.07, 6.45) is -0.410. The highest BCUT2D eigenvalue weighted by Crippen LogP contribution is 2.34. The van der Waals surface area contributed by atoms with Crippen LogP contribution in [0, 0.1) is 6.92 Å². The molecule has 0 spiro atoms. The van der Waals surface area contributed by atoms with Crippen molar-refractivity contribution in [3.8, 4) is 23.0 Å². The lowest BCUT2D eigenvalue weighted by atomic mass is 10.2. The van der Waals surface area contributed by atoms with Gasteiger partial charge in [0, 0.05) is 6.07 Å². The predicted molar refractivity (Wildman–Crippen MR) is 135 cm³/mol. The minimum absolute atomic E-state index is 0.0660. The normalized spacial score (nSPS) is 14.6. The van der Waals surface area contributed by atoms with Crippen LogP contribution < -0.4 is 28.6 Å². The molecule has 0 aromatic heterocycles. The highest BCUT2D eigenvalue weighted by Gasteiger charge is 2.29. The highest BCUT2D eigenvalue weighted by atomic mass is 32.2. The molecule has 10 heteroatoms. The molecule has 0 unspecified atom stereocenters. The summed E-state index contributed by atoms with van der Waals surface area (Å²) in [4.78, 5) is 13.0. The zero-order valence-corrected chi connectivity index (χ0v) is 21.1. The molecule has 0 radical (unpaired) electrons. The third kappa shape index (κ3) is 5.49. The van der Waals surface area contributed by atoms with Crippen LogP contribution in [-0.4, -0.2) is 54.3 Å². The first-order chi connectivity index (χ1) is 17.3. The molecule has 36 heavy (non-hydrogen) atoms. The van der Waals surface area contributed by atoms with Crippen molar-refractivity contribution in [1.82, 2.24) is 5.32 Å². The topological polar surface area (TPSA) is 103 Å². The van der Waals surface area contributed by atoms with Crippen molar-refractivity contribution < 1.29 is 32.2 Å². The first-order valence-electron chi connectivity index (χ1n) is 11.3. The molecule has 4 rings (SSSR count). The largest absolute Gasteiger partial charge is 0.493 e. The molecule has 1 N–H and O–H groups in total. The van der Waals surface area contributed by atoms with Crippen LogP contribution in [0.4, 0.5) is 5.69 Å². The van der Waals surface area contributed by atoms with Gasteiger partial charge in [-0.05, 0) is 43.3 Å². The first kappa shape index (κ1) is 25.2. The molecule has 190 valence electrons. The number of rotatable bonds is 9. The summed E-state index contributed by atoms with van der Waals surface area (Å²) in [7, 11) is -1.13. The summed E-state index contributed by atoms with van der Waals surface area (Å²) in [5.74, 6) is 1.52. The van der Waals surface area contributed by atoms with E-state index in [1.54, 1.807) is 36.4 Å². The van der Waals surface area contributed by atoms with E-state index in [1.807, 2.05) is 19.1 Å². The van der Waals surface area contributed by atoms with Gasteiger partial charge in [-0.25, -0.2) is 8.42 Å². The van der Waals surface area contributed by atoms with E-state index < -0.39 is 28.6 Å². The van der Waals surface area contributed by atoms with E-state index in [9.17, 15) is 13.2 Å². The molecule has 3 aromatic rings. The highest BCUT2D eigenvalue weighted by molar-refractivity contribution is 7.92. The Balaban J connectivity index is 1.55. The number of nitrogens with one attached hydrogen (secondary N) is 1. The van der Waals surface area contributed by atoms with Crippen molar-refractivity contribution in [3.05, 3.63) is 72.3 Å². The Bertz CT molecular complexity index is 1330. The Hall–Kier alpha value is -3.92. The number of para-hydroxylation sites is 2. The maximum atomic E-state index is 13.6. The molecular formula is C26H28N2O7S. The molecule has 0 bridgehead atoms. The van der Waals surface area contributed by atoms with E-state index in [2.05, 4.69) is 5.32 Å². The Labute approximate surface area is 210 Å². The van der Waals surface area contributed by atoms with Crippen LogP contribution in [-0.2, 0) is 14.8 Å². The second-order valence-electron chi connectivity index (χ2n) is 8.17. The van der Waals surface area contributed by atoms with Gasteiger partial charge in [0.1, 0.15) is 19.3 Å². The van der Waals surface area contributed by atoms with Gasteiger partial charge < -0.3 is 24.3 Å². The van der Waals surface area contributed by atoms with E-state index in [0.29, 0.717) is 23.0 Å². The van der Waals surface area contributed by atoms with Crippen molar-refractivity contribution in [2.75, 3.05) is 38.2 Å². The van der Waals surface area contributed by atoms with Gasteiger partial charge >= 0.3 is 0 Å². The summed E-state index contributed by atoms with van der Waals surface area (Å²) >= 11 is 0. The fourth-order valence-electron chi connectivity index (χ4n) is 3.71. The van der Waals surface area contributed by atoms with E-state index in [1.165, 1.54) is 32.4 Å². The number of nitrogens with zero attached hydrogens (tertiary/aromatic N) is 1.